The Morgan fingerprint density at radius 3 is 2.48 bits per heavy atom. The second kappa shape index (κ2) is 7.26. The van der Waals surface area contributed by atoms with Gasteiger partial charge in [0.05, 0.1) is 9.89 Å². The average Bonchev–Trinajstić information content (AvgIpc) is 2.92. The third-order valence-electron chi connectivity index (χ3n) is 2.78. The number of hydrogen-bond donors (Lipinski definition) is 2. The van der Waals surface area contributed by atoms with Crippen molar-refractivity contribution in [2.45, 2.75) is 15.2 Å². The minimum Gasteiger partial charge on any atom is -0.387 e. The molecule has 114 valence electrons. The molecule has 2 aromatic rings. The lowest BCUT2D eigenvalue weighted by Crippen LogP contribution is -2.28. The third-order valence-corrected chi connectivity index (χ3v) is 7.06. The molecule has 0 saturated carbocycles. The number of nitrogens with one attached hydrogen (secondary N) is 1. The van der Waals surface area contributed by atoms with E-state index in [0.717, 1.165) is 20.0 Å². The zero-order valence-corrected chi connectivity index (χ0v) is 15.2. The second-order valence-corrected chi connectivity index (χ2v) is 9.54. The quantitative estimate of drug-likeness (QED) is 0.721. The fourth-order valence-electron chi connectivity index (χ4n) is 1.65. The highest BCUT2D eigenvalue weighted by Gasteiger charge is 2.18. The zero-order valence-electron chi connectivity index (χ0n) is 11.1. The summed E-state index contributed by atoms with van der Waals surface area (Å²) in [6.07, 6.45) is 1.10. The van der Waals surface area contributed by atoms with Crippen LogP contribution >= 0.6 is 39.0 Å². The van der Waals surface area contributed by atoms with Gasteiger partial charge in [-0.25, -0.2) is 13.1 Å². The molecule has 4 nitrogen and oxygen atoms in total. The zero-order chi connectivity index (χ0) is 15.5. The van der Waals surface area contributed by atoms with E-state index < -0.39 is 16.1 Å². The maximum atomic E-state index is 12.0. The van der Waals surface area contributed by atoms with Gasteiger partial charge in [0, 0.05) is 11.4 Å². The number of thioether (sulfide) groups is 1. The van der Waals surface area contributed by atoms with Gasteiger partial charge < -0.3 is 5.11 Å². The summed E-state index contributed by atoms with van der Waals surface area (Å²) in [7, 11) is -3.58. The van der Waals surface area contributed by atoms with E-state index in [1.807, 2.05) is 18.4 Å². The van der Waals surface area contributed by atoms with Gasteiger partial charge in [-0.3, -0.25) is 0 Å². The molecule has 0 amide bonds. The molecule has 8 heteroatoms. The molecule has 0 spiro atoms. The van der Waals surface area contributed by atoms with Crippen LogP contribution in [0.1, 0.15) is 11.7 Å². The van der Waals surface area contributed by atoms with Gasteiger partial charge in [0.1, 0.15) is 4.21 Å². The molecular formula is C13H14BrNO3S3. The first-order valence-electron chi connectivity index (χ1n) is 5.99. The fraction of sp³-hybridized carbons (Fsp3) is 0.231. The number of hydrogen-bond acceptors (Lipinski definition) is 5. The van der Waals surface area contributed by atoms with Crippen LogP contribution in [0.5, 0.6) is 0 Å². The Morgan fingerprint density at radius 1 is 1.29 bits per heavy atom. The maximum absolute atomic E-state index is 12.0. The SMILES string of the molecule is CSc1ccc(C(O)CNS(=O)(=O)c2ccc(Br)s2)cc1. The molecule has 0 radical (unpaired) electrons. The summed E-state index contributed by atoms with van der Waals surface area (Å²) in [4.78, 5) is 1.09. The molecule has 2 N–H and O–H groups in total. The smallest absolute Gasteiger partial charge is 0.250 e. The van der Waals surface area contributed by atoms with Crippen LogP contribution in [-0.4, -0.2) is 26.3 Å². The van der Waals surface area contributed by atoms with E-state index in [2.05, 4.69) is 20.7 Å². The van der Waals surface area contributed by atoms with Crippen molar-refractivity contribution in [3.63, 3.8) is 0 Å². The van der Waals surface area contributed by atoms with Crippen LogP contribution in [-0.2, 0) is 10.0 Å². The van der Waals surface area contributed by atoms with E-state index in [4.69, 9.17) is 0 Å². The van der Waals surface area contributed by atoms with Gasteiger partial charge >= 0.3 is 0 Å². The van der Waals surface area contributed by atoms with Gasteiger partial charge in [-0.15, -0.1) is 23.1 Å². The standard InChI is InChI=1S/C13H14BrNO3S3/c1-19-10-4-2-9(3-5-10)11(16)8-15-21(17,18)13-7-6-12(14)20-13/h2-7,11,15-16H,8H2,1H3. The number of halogens is 1. The Labute approximate surface area is 140 Å². The highest BCUT2D eigenvalue weighted by molar-refractivity contribution is 9.11. The summed E-state index contributed by atoms with van der Waals surface area (Å²) in [6.45, 7) is -0.0591. The van der Waals surface area contributed by atoms with Crippen LogP contribution in [0.25, 0.3) is 0 Å². The molecule has 1 heterocycles. The van der Waals surface area contributed by atoms with Gasteiger partial charge in [-0.05, 0) is 52.0 Å². The predicted octanol–water partition coefficient (Wildman–Crippen LogP) is 3.24. The van der Waals surface area contributed by atoms with Crippen molar-refractivity contribution in [1.29, 1.82) is 0 Å². The largest absolute Gasteiger partial charge is 0.387 e. The Bertz CT molecular complexity index is 698. The highest BCUT2D eigenvalue weighted by Crippen LogP contribution is 2.26. The highest BCUT2D eigenvalue weighted by atomic mass is 79.9. The first kappa shape index (κ1) is 17.0. The second-order valence-electron chi connectivity index (χ2n) is 4.20. The summed E-state index contributed by atoms with van der Waals surface area (Å²) in [6, 6.07) is 10.6. The summed E-state index contributed by atoms with van der Waals surface area (Å²) < 4.78 is 27.5. The molecule has 0 bridgehead atoms. The predicted molar refractivity (Wildman–Crippen MR) is 90.4 cm³/mol. The number of thiophene rings is 1. The Balaban J connectivity index is 2.01. The molecule has 1 aromatic carbocycles. The summed E-state index contributed by atoms with van der Waals surface area (Å²) in [5.41, 5.74) is 0.683. The Morgan fingerprint density at radius 2 is 1.95 bits per heavy atom. The van der Waals surface area contributed by atoms with Gasteiger partial charge in [0.25, 0.3) is 0 Å². The molecule has 0 aliphatic heterocycles. The lowest BCUT2D eigenvalue weighted by molar-refractivity contribution is 0.182. The van der Waals surface area contributed by atoms with E-state index in [9.17, 15) is 13.5 Å². The monoisotopic (exact) mass is 407 g/mol. The van der Waals surface area contributed by atoms with Gasteiger partial charge in [0.2, 0.25) is 10.0 Å². The normalized spacial score (nSPS) is 13.3. The molecule has 1 unspecified atom stereocenters. The topological polar surface area (TPSA) is 66.4 Å². The van der Waals surface area contributed by atoms with Crippen LogP contribution in [0.3, 0.4) is 0 Å². The number of rotatable bonds is 6. The van der Waals surface area contributed by atoms with E-state index in [1.165, 1.54) is 6.07 Å². The maximum Gasteiger partial charge on any atom is 0.250 e. The minimum atomic E-state index is -3.58. The van der Waals surface area contributed by atoms with Crippen LogP contribution < -0.4 is 4.72 Å². The van der Waals surface area contributed by atoms with Crippen LogP contribution in [0.2, 0.25) is 0 Å². The van der Waals surface area contributed by atoms with E-state index in [1.54, 1.807) is 30.0 Å². The molecule has 1 aromatic heterocycles. The van der Waals surface area contributed by atoms with Crippen LogP contribution in [0.15, 0.2) is 49.3 Å². The summed E-state index contributed by atoms with van der Waals surface area (Å²) >= 11 is 5.97. The molecule has 21 heavy (non-hydrogen) atoms. The Hall–Kier alpha value is -0.380. The van der Waals surface area contributed by atoms with Crippen molar-refractivity contribution < 1.29 is 13.5 Å². The van der Waals surface area contributed by atoms with E-state index >= 15 is 0 Å². The summed E-state index contributed by atoms with van der Waals surface area (Å²) in [5.74, 6) is 0. The molecule has 0 aliphatic carbocycles. The van der Waals surface area contributed by atoms with Crippen LogP contribution in [0.4, 0.5) is 0 Å². The average molecular weight is 408 g/mol. The third kappa shape index (κ3) is 4.54. The van der Waals surface area contributed by atoms with Gasteiger partial charge in [-0.2, -0.15) is 0 Å². The first-order valence-corrected chi connectivity index (χ1v) is 10.3. The van der Waals surface area contributed by atoms with Gasteiger partial charge in [0.15, 0.2) is 0 Å². The van der Waals surface area contributed by atoms with Crippen molar-refractivity contribution in [3.8, 4) is 0 Å². The number of sulfonamides is 1. The van der Waals surface area contributed by atoms with Crippen molar-refractivity contribution in [2.75, 3.05) is 12.8 Å². The van der Waals surface area contributed by atoms with Crippen molar-refractivity contribution in [3.05, 3.63) is 45.7 Å². The molecule has 0 fully saturated rings. The van der Waals surface area contributed by atoms with E-state index in [0.29, 0.717) is 5.56 Å². The number of aliphatic hydroxyl groups is 1. The van der Waals surface area contributed by atoms with Crippen molar-refractivity contribution in [2.24, 2.45) is 0 Å². The molecule has 0 saturated heterocycles. The number of benzene rings is 1. The molecular weight excluding hydrogens is 394 g/mol. The van der Waals surface area contributed by atoms with Gasteiger partial charge in [-0.1, -0.05) is 12.1 Å². The molecule has 0 aliphatic rings. The van der Waals surface area contributed by atoms with E-state index in [-0.39, 0.29) is 10.8 Å². The fourth-order valence-corrected chi connectivity index (χ4v) is 5.15. The molecule has 2 rings (SSSR count). The molecule has 1 atom stereocenters. The Kier molecular flexibility index (Phi) is 5.87. The van der Waals surface area contributed by atoms with Crippen LogP contribution in [0, 0.1) is 0 Å². The summed E-state index contributed by atoms with van der Waals surface area (Å²) in [5, 5.41) is 10.1. The number of aliphatic hydroxyl groups excluding tert-OH is 1. The van der Waals surface area contributed by atoms with Crippen molar-refractivity contribution in [1.82, 2.24) is 4.72 Å². The lowest BCUT2D eigenvalue weighted by Gasteiger charge is -2.12. The first-order chi connectivity index (χ1) is 9.92. The van der Waals surface area contributed by atoms with Crippen molar-refractivity contribution >= 4 is 49.1 Å². The minimum absolute atomic E-state index is 0.0591. The lowest BCUT2D eigenvalue weighted by atomic mass is 10.1.